The van der Waals surface area contributed by atoms with Crippen LogP contribution < -0.4 is 15.9 Å². The third-order valence-corrected chi connectivity index (χ3v) is 3.48. The standard InChI is InChI=1S/C17H15N7O/c1-25-12-4-2-3-10(7-12)17-21-13-6-5-11(8-14(13)22-17)23-24-15(9-18)16(19)20/h2-8,23H,1H3,(H3,19,20)(H,21,22)/b24-15+. The number of hydrogen-bond acceptors (Lipinski definition) is 6. The van der Waals surface area contributed by atoms with Gasteiger partial charge in [0.1, 0.15) is 17.6 Å². The van der Waals surface area contributed by atoms with Gasteiger partial charge in [-0.3, -0.25) is 10.8 Å². The van der Waals surface area contributed by atoms with Gasteiger partial charge in [0.15, 0.2) is 5.84 Å². The number of hydrogen-bond donors (Lipinski definition) is 4. The normalized spacial score (nSPS) is 11.1. The van der Waals surface area contributed by atoms with Crippen LogP contribution in [-0.4, -0.2) is 28.6 Å². The number of anilines is 1. The third kappa shape index (κ3) is 3.40. The Morgan fingerprint density at radius 3 is 2.92 bits per heavy atom. The lowest BCUT2D eigenvalue weighted by molar-refractivity contribution is 0.415. The smallest absolute Gasteiger partial charge is 0.201 e. The van der Waals surface area contributed by atoms with E-state index in [9.17, 15) is 0 Å². The number of fused-ring (bicyclic) bond motifs is 1. The number of amidine groups is 1. The van der Waals surface area contributed by atoms with Crippen molar-refractivity contribution in [1.82, 2.24) is 9.97 Å². The average Bonchev–Trinajstić information content (AvgIpc) is 3.05. The zero-order valence-corrected chi connectivity index (χ0v) is 13.4. The molecule has 2 aromatic carbocycles. The lowest BCUT2D eigenvalue weighted by atomic mass is 10.2. The van der Waals surface area contributed by atoms with E-state index in [1.807, 2.05) is 36.4 Å². The fourth-order valence-electron chi connectivity index (χ4n) is 2.25. The Kier molecular flexibility index (Phi) is 4.30. The quantitative estimate of drug-likeness (QED) is 0.323. The van der Waals surface area contributed by atoms with Crippen LogP contribution in [-0.2, 0) is 0 Å². The summed E-state index contributed by atoms with van der Waals surface area (Å²) in [6.45, 7) is 0. The van der Waals surface area contributed by atoms with Crippen molar-refractivity contribution in [3.63, 3.8) is 0 Å². The minimum atomic E-state index is -0.391. The van der Waals surface area contributed by atoms with Crippen molar-refractivity contribution >= 4 is 28.3 Å². The second-order valence-electron chi connectivity index (χ2n) is 5.15. The number of ether oxygens (including phenoxy) is 1. The summed E-state index contributed by atoms with van der Waals surface area (Å²) in [6.07, 6.45) is 0. The summed E-state index contributed by atoms with van der Waals surface area (Å²) in [5, 5.41) is 19.9. The largest absolute Gasteiger partial charge is 0.497 e. The molecule has 0 aliphatic rings. The van der Waals surface area contributed by atoms with Gasteiger partial charge >= 0.3 is 0 Å². The molecule has 0 aliphatic carbocycles. The molecule has 0 aliphatic heterocycles. The van der Waals surface area contributed by atoms with E-state index in [-0.39, 0.29) is 5.71 Å². The molecule has 0 amide bonds. The van der Waals surface area contributed by atoms with Gasteiger partial charge in [0, 0.05) is 5.56 Å². The molecule has 5 N–H and O–H groups in total. The number of nitrogens with one attached hydrogen (secondary N) is 3. The Bertz CT molecular complexity index is 1010. The second-order valence-corrected chi connectivity index (χ2v) is 5.15. The number of nitriles is 1. The number of benzene rings is 2. The van der Waals surface area contributed by atoms with Crippen LogP contribution in [0, 0.1) is 16.7 Å². The third-order valence-electron chi connectivity index (χ3n) is 3.48. The molecule has 3 rings (SSSR count). The van der Waals surface area contributed by atoms with Crippen molar-refractivity contribution in [2.24, 2.45) is 10.8 Å². The first-order chi connectivity index (χ1) is 12.1. The summed E-state index contributed by atoms with van der Waals surface area (Å²) >= 11 is 0. The van der Waals surface area contributed by atoms with E-state index in [4.69, 9.17) is 21.1 Å². The molecule has 1 heterocycles. The Balaban J connectivity index is 1.91. The first kappa shape index (κ1) is 16.0. The number of nitrogens with zero attached hydrogens (tertiary/aromatic N) is 3. The maximum absolute atomic E-state index is 8.85. The summed E-state index contributed by atoms with van der Waals surface area (Å²) in [6, 6.07) is 14.8. The lowest BCUT2D eigenvalue weighted by Crippen LogP contribution is -2.21. The first-order valence-corrected chi connectivity index (χ1v) is 7.33. The highest BCUT2D eigenvalue weighted by atomic mass is 16.5. The van der Waals surface area contributed by atoms with Crippen LogP contribution in [0.4, 0.5) is 5.69 Å². The number of imidazole rings is 1. The van der Waals surface area contributed by atoms with E-state index in [0.29, 0.717) is 5.69 Å². The topological polar surface area (TPSA) is 136 Å². The highest BCUT2D eigenvalue weighted by Gasteiger charge is 2.07. The van der Waals surface area contributed by atoms with Gasteiger partial charge in [-0.05, 0) is 30.3 Å². The number of methoxy groups -OCH3 is 1. The highest BCUT2D eigenvalue weighted by molar-refractivity contribution is 6.45. The van der Waals surface area contributed by atoms with Gasteiger partial charge in [-0.2, -0.15) is 10.4 Å². The van der Waals surface area contributed by atoms with Gasteiger partial charge in [-0.15, -0.1) is 0 Å². The molecule has 8 nitrogen and oxygen atoms in total. The summed E-state index contributed by atoms with van der Waals surface area (Å²) in [7, 11) is 1.62. The molecule has 8 heteroatoms. The first-order valence-electron chi connectivity index (χ1n) is 7.33. The van der Waals surface area contributed by atoms with Crippen molar-refractivity contribution < 1.29 is 4.74 Å². The van der Waals surface area contributed by atoms with Gasteiger partial charge in [0.05, 0.1) is 23.8 Å². The molecule has 0 unspecified atom stereocenters. The molecule has 0 radical (unpaired) electrons. The molecule has 25 heavy (non-hydrogen) atoms. The minimum Gasteiger partial charge on any atom is -0.497 e. The molecular weight excluding hydrogens is 318 g/mol. The van der Waals surface area contributed by atoms with Gasteiger partial charge in [0.25, 0.3) is 0 Å². The van der Waals surface area contributed by atoms with Crippen molar-refractivity contribution in [1.29, 1.82) is 10.7 Å². The van der Waals surface area contributed by atoms with Gasteiger partial charge in [0.2, 0.25) is 5.71 Å². The van der Waals surface area contributed by atoms with E-state index in [1.54, 1.807) is 19.2 Å². The van der Waals surface area contributed by atoms with E-state index in [0.717, 1.165) is 28.2 Å². The van der Waals surface area contributed by atoms with Gasteiger partial charge in [-0.25, -0.2) is 4.98 Å². The number of H-pyrrole nitrogens is 1. The Morgan fingerprint density at radius 1 is 1.36 bits per heavy atom. The van der Waals surface area contributed by atoms with Crippen LogP contribution in [0.2, 0.25) is 0 Å². The fraction of sp³-hybridized carbons (Fsp3) is 0.0588. The molecule has 0 bridgehead atoms. The maximum atomic E-state index is 8.85. The van der Waals surface area contributed by atoms with Crippen LogP contribution in [0.15, 0.2) is 47.6 Å². The molecule has 0 atom stereocenters. The number of hydrazone groups is 1. The van der Waals surface area contributed by atoms with Crippen LogP contribution in [0.25, 0.3) is 22.4 Å². The lowest BCUT2D eigenvalue weighted by Gasteiger charge is -2.01. The van der Waals surface area contributed by atoms with Crippen LogP contribution in [0.5, 0.6) is 5.75 Å². The van der Waals surface area contributed by atoms with E-state index >= 15 is 0 Å². The van der Waals surface area contributed by atoms with E-state index < -0.39 is 5.84 Å². The fourth-order valence-corrected chi connectivity index (χ4v) is 2.25. The number of aromatic nitrogens is 2. The molecule has 0 fully saturated rings. The monoisotopic (exact) mass is 333 g/mol. The second kappa shape index (κ2) is 6.72. The Hall–Kier alpha value is -3.86. The molecule has 0 saturated heterocycles. The van der Waals surface area contributed by atoms with Crippen LogP contribution in [0.3, 0.4) is 0 Å². The number of rotatable bonds is 5. The zero-order valence-electron chi connectivity index (χ0n) is 13.4. The summed E-state index contributed by atoms with van der Waals surface area (Å²) < 4.78 is 5.23. The zero-order chi connectivity index (χ0) is 17.8. The summed E-state index contributed by atoms with van der Waals surface area (Å²) in [5.74, 6) is 1.08. The van der Waals surface area contributed by atoms with Crippen molar-refractivity contribution in [3.05, 3.63) is 42.5 Å². The van der Waals surface area contributed by atoms with E-state index in [2.05, 4.69) is 20.5 Å². The number of nitrogens with two attached hydrogens (primary N) is 1. The predicted octanol–water partition coefficient (Wildman–Crippen LogP) is 2.47. The van der Waals surface area contributed by atoms with Crippen molar-refractivity contribution in [2.75, 3.05) is 12.5 Å². The molecule has 3 aromatic rings. The summed E-state index contributed by atoms with van der Waals surface area (Å²) in [4.78, 5) is 7.80. The van der Waals surface area contributed by atoms with Gasteiger partial charge in [-0.1, -0.05) is 12.1 Å². The Labute approximate surface area is 143 Å². The highest BCUT2D eigenvalue weighted by Crippen LogP contribution is 2.25. The van der Waals surface area contributed by atoms with Gasteiger partial charge < -0.3 is 15.5 Å². The Morgan fingerprint density at radius 2 is 2.20 bits per heavy atom. The molecule has 0 spiro atoms. The summed E-state index contributed by atoms with van der Waals surface area (Å²) in [5.41, 5.74) is 10.9. The van der Waals surface area contributed by atoms with Crippen LogP contribution >= 0.6 is 0 Å². The van der Waals surface area contributed by atoms with Crippen LogP contribution in [0.1, 0.15) is 0 Å². The molecule has 1 aromatic heterocycles. The average molecular weight is 333 g/mol. The van der Waals surface area contributed by atoms with Crippen molar-refractivity contribution in [2.45, 2.75) is 0 Å². The molecular formula is C17H15N7O. The SMILES string of the molecule is COc1cccc(-c2nc3ccc(N/N=C(\C#N)C(=N)N)cc3[nH]2)c1. The predicted molar refractivity (Wildman–Crippen MR) is 96.7 cm³/mol. The maximum Gasteiger partial charge on any atom is 0.201 e. The number of aromatic amines is 1. The minimum absolute atomic E-state index is 0.179. The van der Waals surface area contributed by atoms with E-state index in [1.165, 1.54) is 0 Å². The molecule has 124 valence electrons. The van der Waals surface area contributed by atoms with Crippen molar-refractivity contribution in [3.8, 4) is 23.2 Å². The molecule has 0 saturated carbocycles.